The quantitative estimate of drug-likeness (QED) is 0.516. The molecular formula is C14H25N5O. The third kappa shape index (κ3) is 4.47. The monoisotopic (exact) mass is 279 g/mol. The number of amides is 1. The number of carbonyl (C=O) groups excluding carboxylic acids is 1. The van der Waals surface area contributed by atoms with Gasteiger partial charge >= 0.3 is 0 Å². The number of rotatable bonds is 7. The molecule has 4 N–H and O–H groups in total. The lowest BCUT2D eigenvalue weighted by Gasteiger charge is -2.30. The Bertz CT molecular complexity index is 425. The van der Waals surface area contributed by atoms with E-state index in [1.807, 2.05) is 0 Å². The fraction of sp³-hybridized carbons (Fsp3) is 0.571. The molecule has 1 rings (SSSR count). The third-order valence-electron chi connectivity index (χ3n) is 3.17. The van der Waals surface area contributed by atoms with E-state index in [1.165, 1.54) is 0 Å². The number of hydrazine groups is 1. The number of pyridine rings is 1. The molecule has 0 aliphatic carbocycles. The normalized spacial score (nSPS) is 11.2. The van der Waals surface area contributed by atoms with Crippen LogP contribution in [0.3, 0.4) is 0 Å². The lowest BCUT2D eigenvalue weighted by atomic mass is 10.2. The first-order valence-corrected chi connectivity index (χ1v) is 6.93. The van der Waals surface area contributed by atoms with Crippen molar-refractivity contribution < 1.29 is 4.79 Å². The van der Waals surface area contributed by atoms with E-state index in [1.54, 1.807) is 18.3 Å². The molecule has 0 saturated carbocycles. The first kappa shape index (κ1) is 16.4. The number of carbonyl (C=O) groups is 1. The van der Waals surface area contributed by atoms with Crippen molar-refractivity contribution in [3.05, 3.63) is 23.9 Å². The van der Waals surface area contributed by atoms with Crippen LogP contribution in [0.1, 0.15) is 38.1 Å². The van der Waals surface area contributed by atoms with Crippen LogP contribution in [0, 0.1) is 0 Å². The maximum absolute atomic E-state index is 12.1. The lowest BCUT2D eigenvalue weighted by Crippen LogP contribution is -2.42. The second-order valence-electron chi connectivity index (χ2n) is 5.23. The van der Waals surface area contributed by atoms with E-state index in [-0.39, 0.29) is 5.91 Å². The molecule has 1 aromatic heterocycles. The van der Waals surface area contributed by atoms with Gasteiger partial charge in [-0.1, -0.05) is 0 Å². The predicted molar refractivity (Wildman–Crippen MR) is 81.4 cm³/mol. The van der Waals surface area contributed by atoms with Gasteiger partial charge < -0.3 is 10.7 Å². The largest absolute Gasteiger partial charge is 0.351 e. The summed E-state index contributed by atoms with van der Waals surface area (Å²) in [4.78, 5) is 18.4. The molecule has 0 aliphatic rings. The summed E-state index contributed by atoms with van der Waals surface area (Å²) in [6.45, 7) is 10.0. The van der Waals surface area contributed by atoms with Crippen molar-refractivity contribution >= 4 is 11.7 Å². The van der Waals surface area contributed by atoms with Crippen molar-refractivity contribution in [2.45, 2.75) is 39.8 Å². The minimum absolute atomic E-state index is 0.168. The van der Waals surface area contributed by atoms with Gasteiger partial charge in [-0.3, -0.25) is 9.69 Å². The van der Waals surface area contributed by atoms with E-state index in [0.717, 1.165) is 6.54 Å². The number of aromatic nitrogens is 1. The Morgan fingerprint density at radius 2 is 2.00 bits per heavy atom. The van der Waals surface area contributed by atoms with Crippen LogP contribution in [-0.2, 0) is 0 Å². The van der Waals surface area contributed by atoms with Gasteiger partial charge in [-0.25, -0.2) is 10.8 Å². The highest BCUT2D eigenvalue weighted by Gasteiger charge is 2.14. The zero-order valence-electron chi connectivity index (χ0n) is 12.7. The van der Waals surface area contributed by atoms with E-state index >= 15 is 0 Å². The zero-order chi connectivity index (χ0) is 15.1. The smallest absolute Gasteiger partial charge is 0.255 e. The summed E-state index contributed by atoms with van der Waals surface area (Å²) in [6.07, 6.45) is 1.59. The lowest BCUT2D eigenvalue weighted by molar-refractivity contribution is 0.0940. The summed E-state index contributed by atoms with van der Waals surface area (Å²) in [5.74, 6) is 5.56. The van der Waals surface area contributed by atoms with Crippen LogP contribution in [0.2, 0.25) is 0 Å². The fourth-order valence-corrected chi connectivity index (χ4v) is 2.21. The SMILES string of the molecule is CC(C)N(CCNC(=O)c1cccnc1NN)C(C)C. The molecule has 1 aromatic rings. The van der Waals surface area contributed by atoms with Gasteiger partial charge in [-0.15, -0.1) is 0 Å². The van der Waals surface area contributed by atoms with Crippen LogP contribution in [0.15, 0.2) is 18.3 Å². The van der Waals surface area contributed by atoms with Crippen LogP contribution in [0.25, 0.3) is 0 Å². The van der Waals surface area contributed by atoms with E-state index in [0.29, 0.717) is 30.0 Å². The molecular weight excluding hydrogens is 254 g/mol. The first-order chi connectivity index (χ1) is 9.47. The minimum Gasteiger partial charge on any atom is -0.351 e. The zero-order valence-corrected chi connectivity index (χ0v) is 12.7. The van der Waals surface area contributed by atoms with Gasteiger partial charge in [0.2, 0.25) is 0 Å². The highest BCUT2D eigenvalue weighted by atomic mass is 16.1. The summed E-state index contributed by atoms with van der Waals surface area (Å²) in [5.41, 5.74) is 2.88. The van der Waals surface area contributed by atoms with E-state index in [9.17, 15) is 4.79 Å². The van der Waals surface area contributed by atoms with Crippen molar-refractivity contribution in [3.63, 3.8) is 0 Å². The molecule has 0 radical (unpaired) electrons. The van der Waals surface area contributed by atoms with Gasteiger partial charge in [0.15, 0.2) is 5.82 Å². The van der Waals surface area contributed by atoms with Gasteiger partial charge in [-0.2, -0.15) is 0 Å². The van der Waals surface area contributed by atoms with Crippen LogP contribution < -0.4 is 16.6 Å². The molecule has 0 unspecified atom stereocenters. The summed E-state index contributed by atoms with van der Waals surface area (Å²) in [5, 5.41) is 2.90. The number of nitrogens with two attached hydrogens (primary N) is 1. The standard InChI is InChI=1S/C14H25N5O/c1-10(2)19(11(3)4)9-8-17-14(20)12-6-5-7-16-13(12)18-15/h5-7,10-11H,8-9,15H2,1-4H3,(H,16,18)(H,17,20). The molecule has 0 aliphatic heterocycles. The molecule has 0 bridgehead atoms. The van der Waals surface area contributed by atoms with Crippen LogP contribution in [-0.4, -0.2) is 41.0 Å². The Morgan fingerprint density at radius 3 is 2.55 bits per heavy atom. The maximum Gasteiger partial charge on any atom is 0.255 e. The van der Waals surface area contributed by atoms with Crippen LogP contribution in [0.4, 0.5) is 5.82 Å². The molecule has 0 saturated heterocycles. The van der Waals surface area contributed by atoms with E-state index in [2.05, 4.69) is 48.3 Å². The van der Waals surface area contributed by atoms with Crippen LogP contribution >= 0.6 is 0 Å². The summed E-state index contributed by atoms with van der Waals surface area (Å²) < 4.78 is 0. The fourth-order valence-electron chi connectivity index (χ4n) is 2.21. The second-order valence-corrected chi connectivity index (χ2v) is 5.23. The molecule has 0 spiro atoms. The van der Waals surface area contributed by atoms with Gasteiger partial charge in [0.1, 0.15) is 0 Å². The third-order valence-corrected chi connectivity index (χ3v) is 3.17. The van der Waals surface area contributed by atoms with E-state index < -0.39 is 0 Å². The molecule has 112 valence electrons. The highest BCUT2D eigenvalue weighted by Crippen LogP contribution is 2.09. The molecule has 6 heteroatoms. The summed E-state index contributed by atoms with van der Waals surface area (Å²) >= 11 is 0. The Morgan fingerprint density at radius 1 is 1.35 bits per heavy atom. The van der Waals surface area contributed by atoms with Crippen molar-refractivity contribution in [2.24, 2.45) is 5.84 Å². The first-order valence-electron chi connectivity index (χ1n) is 6.93. The second kappa shape index (κ2) is 7.81. The Hall–Kier alpha value is -1.66. The average molecular weight is 279 g/mol. The van der Waals surface area contributed by atoms with Crippen molar-refractivity contribution in [1.29, 1.82) is 0 Å². The van der Waals surface area contributed by atoms with Gasteiger partial charge in [-0.05, 0) is 39.8 Å². The van der Waals surface area contributed by atoms with Gasteiger partial charge in [0, 0.05) is 31.4 Å². The number of anilines is 1. The maximum atomic E-state index is 12.1. The highest BCUT2D eigenvalue weighted by molar-refractivity contribution is 5.98. The summed E-state index contributed by atoms with van der Waals surface area (Å²) in [6, 6.07) is 4.31. The van der Waals surface area contributed by atoms with Gasteiger partial charge in [0.25, 0.3) is 5.91 Å². The topological polar surface area (TPSA) is 83.3 Å². The molecule has 0 aromatic carbocycles. The van der Waals surface area contributed by atoms with E-state index in [4.69, 9.17) is 5.84 Å². The molecule has 0 atom stereocenters. The molecule has 6 nitrogen and oxygen atoms in total. The molecule has 20 heavy (non-hydrogen) atoms. The van der Waals surface area contributed by atoms with Crippen molar-refractivity contribution in [2.75, 3.05) is 18.5 Å². The Kier molecular flexibility index (Phi) is 6.41. The number of hydrogen-bond acceptors (Lipinski definition) is 5. The van der Waals surface area contributed by atoms with Crippen molar-refractivity contribution in [3.8, 4) is 0 Å². The molecule has 1 heterocycles. The van der Waals surface area contributed by atoms with Crippen molar-refractivity contribution in [1.82, 2.24) is 15.2 Å². The molecule has 0 fully saturated rings. The number of nitrogens with one attached hydrogen (secondary N) is 2. The van der Waals surface area contributed by atoms with Gasteiger partial charge in [0.05, 0.1) is 5.56 Å². The Balaban J connectivity index is 2.55. The minimum atomic E-state index is -0.168. The number of nitrogens with zero attached hydrogens (tertiary/aromatic N) is 2. The summed E-state index contributed by atoms with van der Waals surface area (Å²) in [7, 11) is 0. The Labute approximate surface area is 120 Å². The van der Waals surface area contributed by atoms with Crippen LogP contribution in [0.5, 0.6) is 0 Å². The predicted octanol–water partition coefficient (Wildman–Crippen LogP) is 1.22. The number of hydrogen-bond donors (Lipinski definition) is 3. The molecule has 1 amide bonds. The number of nitrogen functional groups attached to an aromatic ring is 1. The average Bonchev–Trinajstić information content (AvgIpc) is 2.42.